The van der Waals surface area contributed by atoms with E-state index in [-0.39, 0.29) is 22.3 Å². The smallest absolute Gasteiger partial charge is 0.241 e. The summed E-state index contributed by atoms with van der Waals surface area (Å²) < 4.78 is 27.3. The number of sulfonamides is 1. The molecule has 0 aliphatic rings. The van der Waals surface area contributed by atoms with Crippen molar-refractivity contribution in [2.45, 2.75) is 6.54 Å². The summed E-state index contributed by atoms with van der Waals surface area (Å²) >= 11 is 12.1. The van der Waals surface area contributed by atoms with Crippen molar-refractivity contribution in [1.29, 1.82) is 0 Å². The molecule has 1 amide bonds. The topological polar surface area (TPSA) is 84.3 Å². The molecule has 152 valence electrons. The molecule has 1 aromatic heterocycles. The number of rotatable bonds is 7. The minimum atomic E-state index is -3.76. The highest BCUT2D eigenvalue weighted by atomic mass is 35.5. The summed E-state index contributed by atoms with van der Waals surface area (Å²) in [6.07, 6.45) is 6.13. The molecular weight excluding hydrogens is 435 g/mol. The molecule has 0 saturated carbocycles. The second kappa shape index (κ2) is 8.86. The van der Waals surface area contributed by atoms with E-state index in [2.05, 4.69) is 10.3 Å². The maximum atomic E-state index is 12.5. The van der Waals surface area contributed by atoms with Crippen molar-refractivity contribution in [2.75, 3.05) is 17.1 Å². The van der Waals surface area contributed by atoms with Crippen molar-refractivity contribution >= 4 is 44.8 Å². The van der Waals surface area contributed by atoms with Crippen LogP contribution in [0.3, 0.4) is 0 Å². The number of amides is 1. The maximum Gasteiger partial charge on any atom is 0.241 e. The monoisotopic (exact) mass is 452 g/mol. The lowest BCUT2D eigenvalue weighted by Gasteiger charge is -2.23. The second-order valence-electron chi connectivity index (χ2n) is 6.22. The van der Waals surface area contributed by atoms with Crippen LogP contribution in [0, 0.1) is 0 Å². The quantitative estimate of drug-likeness (QED) is 0.595. The van der Waals surface area contributed by atoms with Gasteiger partial charge in [0.05, 0.1) is 34.0 Å². The van der Waals surface area contributed by atoms with Crippen LogP contribution in [0.2, 0.25) is 10.0 Å². The number of hydrogen-bond acceptors (Lipinski definition) is 4. The molecule has 2 aromatic carbocycles. The third-order valence-corrected chi connectivity index (χ3v) is 6.07. The summed E-state index contributed by atoms with van der Waals surface area (Å²) in [5, 5.41) is 3.02. The number of halogens is 2. The van der Waals surface area contributed by atoms with E-state index < -0.39 is 22.5 Å². The zero-order valence-electron chi connectivity index (χ0n) is 15.4. The van der Waals surface area contributed by atoms with Gasteiger partial charge in [-0.05, 0) is 23.8 Å². The van der Waals surface area contributed by atoms with E-state index in [4.69, 9.17) is 23.2 Å². The number of benzene rings is 2. The Morgan fingerprint density at radius 3 is 2.62 bits per heavy atom. The summed E-state index contributed by atoms with van der Waals surface area (Å²) in [4.78, 5) is 16.6. The summed E-state index contributed by atoms with van der Waals surface area (Å²) in [5.74, 6) is -0.480. The number of para-hydroxylation sites is 1. The van der Waals surface area contributed by atoms with Crippen LogP contribution in [-0.2, 0) is 21.4 Å². The predicted octanol–water partition coefficient (Wildman–Crippen LogP) is 3.26. The van der Waals surface area contributed by atoms with E-state index in [1.165, 1.54) is 6.07 Å². The summed E-state index contributed by atoms with van der Waals surface area (Å²) in [5.41, 5.74) is 1.87. The van der Waals surface area contributed by atoms with Crippen LogP contribution in [0.5, 0.6) is 0 Å². The number of aromatic nitrogens is 2. The Morgan fingerprint density at radius 2 is 1.93 bits per heavy atom. The Bertz CT molecular complexity index is 1120. The number of hydrogen-bond donors (Lipinski definition) is 1. The average Bonchev–Trinajstić information content (AvgIpc) is 3.21. The van der Waals surface area contributed by atoms with Gasteiger partial charge in [-0.2, -0.15) is 0 Å². The minimum Gasteiger partial charge on any atom is -0.350 e. The van der Waals surface area contributed by atoms with E-state index in [9.17, 15) is 13.2 Å². The molecule has 0 aliphatic carbocycles. The normalized spacial score (nSPS) is 11.3. The standard InChI is InChI=1S/C19H18Cl2N4O3S/c1-29(27,28)25(17-8-4-6-15(20)19(17)21)12-18(26)23-11-14-5-2-3-7-16(14)24-10-9-22-13-24/h2-10,13H,11-12H2,1H3,(H,23,26). The molecule has 3 rings (SSSR count). The van der Waals surface area contributed by atoms with E-state index in [1.54, 1.807) is 30.9 Å². The fourth-order valence-electron chi connectivity index (χ4n) is 2.76. The van der Waals surface area contributed by atoms with Crippen molar-refractivity contribution in [3.8, 4) is 5.69 Å². The first-order valence-electron chi connectivity index (χ1n) is 8.52. The largest absolute Gasteiger partial charge is 0.350 e. The highest BCUT2D eigenvalue weighted by Gasteiger charge is 2.24. The van der Waals surface area contributed by atoms with Gasteiger partial charge in [0.2, 0.25) is 15.9 Å². The Hall–Kier alpha value is -2.55. The van der Waals surface area contributed by atoms with Gasteiger partial charge in [0.25, 0.3) is 0 Å². The first-order chi connectivity index (χ1) is 13.8. The van der Waals surface area contributed by atoms with Gasteiger partial charge in [-0.1, -0.05) is 47.5 Å². The number of anilines is 1. The van der Waals surface area contributed by atoms with Crippen molar-refractivity contribution in [3.63, 3.8) is 0 Å². The van der Waals surface area contributed by atoms with Crippen molar-refractivity contribution in [1.82, 2.24) is 14.9 Å². The van der Waals surface area contributed by atoms with E-state index in [1.807, 2.05) is 28.8 Å². The lowest BCUT2D eigenvalue weighted by atomic mass is 10.1. The second-order valence-corrected chi connectivity index (χ2v) is 8.91. The zero-order valence-corrected chi connectivity index (χ0v) is 17.7. The van der Waals surface area contributed by atoms with Gasteiger partial charge in [-0.25, -0.2) is 13.4 Å². The van der Waals surface area contributed by atoms with Crippen LogP contribution in [0.1, 0.15) is 5.56 Å². The molecule has 7 nitrogen and oxygen atoms in total. The Labute approximate surface area is 178 Å². The minimum absolute atomic E-state index is 0.0674. The Kier molecular flexibility index (Phi) is 6.46. The number of imidazole rings is 1. The molecule has 0 saturated heterocycles. The summed E-state index contributed by atoms with van der Waals surface area (Å²) in [7, 11) is -3.76. The molecule has 0 fully saturated rings. The van der Waals surface area contributed by atoms with Gasteiger partial charge in [0, 0.05) is 18.9 Å². The van der Waals surface area contributed by atoms with E-state index >= 15 is 0 Å². The predicted molar refractivity (Wildman–Crippen MR) is 114 cm³/mol. The molecule has 0 atom stereocenters. The lowest BCUT2D eigenvalue weighted by Crippen LogP contribution is -2.40. The van der Waals surface area contributed by atoms with Gasteiger partial charge < -0.3 is 9.88 Å². The molecule has 1 heterocycles. The molecule has 0 bridgehead atoms. The van der Waals surface area contributed by atoms with Gasteiger partial charge in [-0.3, -0.25) is 9.10 Å². The number of nitrogens with zero attached hydrogens (tertiary/aromatic N) is 3. The van der Waals surface area contributed by atoms with Gasteiger partial charge in [0.1, 0.15) is 6.54 Å². The third-order valence-electron chi connectivity index (χ3n) is 4.14. The molecule has 1 N–H and O–H groups in total. The fourth-order valence-corrected chi connectivity index (χ4v) is 4.07. The average molecular weight is 453 g/mol. The number of carbonyl (C=O) groups excluding carboxylic acids is 1. The molecule has 29 heavy (non-hydrogen) atoms. The van der Waals surface area contributed by atoms with Crippen molar-refractivity contribution < 1.29 is 13.2 Å². The van der Waals surface area contributed by atoms with Gasteiger partial charge in [-0.15, -0.1) is 0 Å². The molecule has 0 unspecified atom stereocenters. The number of nitrogens with one attached hydrogen (secondary N) is 1. The Balaban J connectivity index is 1.77. The van der Waals surface area contributed by atoms with Crippen molar-refractivity contribution in [3.05, 3.63) is 76.8 Å². The van der Waals surface area contributed by atoms with Gasteiger partial charge >= 0.3 is 0 Å². The zero-order chi connectivity index (χ0) is 21.0. The van der Waals surface area contributed by atoms with Crippen LogP contribution in [-0.4, -0.2) is 36.7 Å². The SMILES string of the molecule is CS(=O)(=O)N(CC(=O)NCc1ccccc1-n1ccnc1)c1cccc(Cl)c1Cl. The molecule has 10 heteroatoms. The summed E-state index contributed by atoms with van der Waals surface area (Å²) in [6, 6.07) is 12.1. The first-order valence-corrected chi connectivity index (χ1v) is 11.1. The highest BCUT2D eigenvalue weighted by Crippen LogP contribution is 2.33. The molecule has 3 aromatic rings. The lowest BCUT2D eigenvalue weighted by molar-refractivity contribution is -0.119. The van der Waals surface area contributed by atoms with Crippen LogP contribution in [0.15, 0.2) is 61.2 Å². The maximum absolute atomic E-state index is 12.5. The summed E-state index contributed by atoms with van der Waals surface area (Å²) in [6.45, 7) is -0.208. The molecular formula is C19H18Cl2N4O3S. The third kappa shape index (κ3) is 5.09. The molecule has 0 radical (unpaired) electrons. The molecule has 0 spiro atoms. The highest BCUT2D eigenvalue weighted by molar-refractivity contribution is 7.92. The van der Waals surface area contributed by atoms with Gasteiger partial charge in [0.15, 0.2) is 0 Å². The van der Waals surface area contributed by atoms with Crippen molar-refractivity contribution in [2.24, 2.45) is 0 Å². The van der Waals surface area contributed by atoms with E-state index in [0.717, 1.165) is 21.8 Å². The first kappa shape index (κ1) is 21.2. The van der Waals surface area contributed by atoms with Crippen LogP contribution < -0.4 is 9.62 Å². The van der Waals surface area contributed by atoms with Crippen LogP contribution in [0.25, 0.3) is 5.69 Å². The Morgan fingerprint density at radius 1 is 1.17 bits per heavy atom. The van der Waals surface area contributed by atoms with Crippen LogP contribution >= 0.6 is 23.2 Å². The molecule has 0 aliphatic heterocycles. The fraction of sp³-hybridized carbons (Fsp3) is 0.158. The van der Waals surface area contributed by atoms with E-state index in [0.29, 0.717) is 0 Å². The number of carbonyl (C=O) groups is 1. The van der Waals surface area contributed by atoms with Crippen LogP contribution in [0.4, 0.5) is 5.69 Å².